The van der Waals surface area contributed by atoms with Crippen molar-refractivity contribution in [2.24, 2.45) is 0 Å². The van der Waals surface area contributed by atoms with Gasteiger partial charge in [-0.25, -0.2) is 0 Å². The molecule has 5 heteroatoms. The third-order valence-electron chi connectivity index (χ3n) is 3.07. The Hall–Kier alpha value is -2.43. The molecule has 110 valence electrons. The topological polar surface area (TPSA) is 65.5 Å². The van der Waals surface area contributed by atoms with Gasteiger partial charge >= 0.3 is 11.9 Å². The van der Waals surface area contributed by atoms with Gasteiger partial charge in [-0.2, -0.15) is 0 Å². The van der Waals surface area contributed by atoms with Crippen LogP contribution in [0.2, 0.25) is 0 Å². The number of hydrogen-bond acceptors (Lipinski definition) is 5. The summed E-state index contributed by atoms with van der Waals surface area (Å²) in [4.78, 5) is 28.4. The van der Waals surface area contributed by atoms with Crippen LogP contribution < -0.4 is 0 Å². The van der Waals surface area contributed by atoms with E-state index in [0.29, 0.717) is 5.56 Å². The summed E-state index contributed by atoms with van der Waals surface area (Å²) in [6.07, 6.45) is 3.30. The SMILES string of the molecule is CCOC(=O)C(C(=O)OCC)c1cccc2ccncc12. The molecule has 1 aromatic carbocycles. The van der Waals surface area contributed by atoms with Crippen molar-refractivity contribution in [2.45, 2.75) is 19.8 Å². The average Bonchev–Trinajstić information content (AvgIpc) is 2.48. The molecule has 0 aliphatic carbocycles. The summed E-state index contributed by atoms with van der Waals surface area (Å²) in [5, 5.41) is 1.65. The number of hydrogen-bond donors (Lipinski definition) is 0. The van der Waals surface area contributed by atoms with Crippen LogP contribution in [0.15, 0.2) is 36.7 Å². The highest BCUT2D eigenvalue weighted by atomic mass is 16.6. The summed E-state index contributed by atoms with van der Waals surface area (Å²) in [6.45, 7) is 3.81. The first kappa shape index (κ1) is 15.0. The Morgan fingerprint density at radius 2 is 1.76 bits per heavy atom. The van der Waals surface area contributed by atoms with Gasteiger partial charge in [0.15, 0.2) is 5.92 Å². The van der Waals surface area contributed by atoms with Crippen LogP contribution in [0.3, 0.4) is 0 Å². The fourth-order valence-corrected chi connectivity index (χ4v) is 2.19. The standard InChI is InChI=1S/C16H17NO4/c1-3-20-15(18)14(16(19)21-4-2)12-7-5-6-11-8-9-17-10-13(11)12/h5-10,14H,3-4H2,1-2H3. The molecule has 5 nitrogen and oxygen atoms in total. The van der Waals surface area contributed by atoms with E-state index >= 15 is 0 Å². The Kier molecular flexibility index (Phi) is 4.87. The average molecular weight is 287 g/mol. The minimum absolute atomic E-state index is 0.206. The van der Waals surface area contributed by atoms with E-state index in [0.717, 1.165) is 10.8 Å². The van der Waals surface area contributed by atoms with Gasteiger partial charge in [-0.3, -0.25) is 14.6 Å². The van der Waals surface area contributed by atoms with E-state index in [1.807, 2.05) is 12.1 Å². The van der Waals surface area contributed by atoms with Crippen LogP contribution in [0.5, 0.6) is 0 Å². The van der Waals surface area contributed by atoms with E-state index in [2.05, 4.69) is 4.98 Å². The molecule has 0 saturated heterocycles. The highest BCUT2D eigenvalue weighted by Gasteiger charge is 2.32. The van der Waals surface area contributed by atoms with Crippen molar-refractivity contribution < 1.29 is 19.1 Å². The van der Waals surface area contributed by atoms with Crippen molar-refractivity contribution in [3.63, 3.8) is 0 Å². The zero-order valence-corrected chi connectivity index (χ0v) is 12.0. The highest BCUT2D eigenvalue weighted by Crippen LogP contribution is 2.27. The molecule has 0 atom stereocenters. The molecule has 0 spiro atoms. The lowest BCUT2D eigenvalue weighted by atomic mass is 9.94. The number of nitrogens with zero attached hydrogens (tertiary/aromatic N) is 1. The van der Waals surface area contributed by atoms with Crippen LogP contribution in [0, 0.1) is 0 Å². The summed E-state index contributed by atoms with van der Waals surface area (Å²) in [6, 6.07) is 7.24. The number of ether oxygens (including phenoxy) is 2. The minimum Gasteiger partial charge on any atom is -0.465 e. The summed E-state index contributed by atoms with van der Waals surface area (Å²) < 4.78 is 10.0. The van der Waals surface area contributed by atoms with Gasteiger partial charge in [0, 0.05) is 17.8 Å². The van der Waals surface area contributed by atoms with Gasteiger partial charge in [-0.15, -0.1) is 0 Å². The van der Waals surface area contributed by atoms with E-state index < -0.39 is 17.9 Å². The first-order valence-electron chi connectivity index (χ1n) is 6.85. The Balaban J connectivity index is 2.52. The molecule has 2 aromatic rings. The summed E-state index contributed by atoms with van der Waals surface area (Å²) in [5.74, 6) is -2.29. The van der Waals surface area contributed by atoms with E-state index in [1.54, 1.807) is 38.4 Å². The van der Waals surface area contributed by atoms with Crippen molar-refractivity contribution in [1.82, 2.24) is 4.98 Å². The monoisotopic (exact) mass is 287 g/mol. The quantitative estimate of drug-likeness (QED) is 0.624. The van der Waals surface area contributed by atoms with Crippen molar-refractivity contribution in [1.29, 1.82) is 0 Å². The van der Waals surface area contributed by atoms with Crippen LogP contribution in [0.1, 0.15) is 25.3 Å². The van der Waals surface area contributed by atoms with E-state index in [-0.39, 0.29) is 13.2 Å². The lowest BCUT2D eigenvalue weighted by Crippen LogP contribution is -2.26. The van der Waals surface area contributed by atoms with E-state index in [1.165, 1.54) is 0 Å². The lowest BCUT2D eigenvalue weighted by Gasteiger charge is -2.16. The maximum atomic E-state index is 12.2. The van der Waals surface area contributed by atoms with E-state index in [9.17, 15) is 9.59 Å². The molecule has 0 amide bonds. The minimum atomic E-state index is -1.09. The number of carbonyl (C=O) groups excluding carboxylic acids is 2. The van der Waals surface area contributed by atoms with Gasteiger partial charge in [-0.05, 0) is 30.9 Å². The first-order valence-corrected chi connectivity index (χ1v) is 6.85. The van der Waals surface area contributed by atoms with Crippen LogP contribution in [-0.2, 0) is 19.1 Å². The van der Waals surface area contributed by atoms with Gasteiger partial charge in [0.25, 0.3) is 0 Å². The molecule has 21 heavy (non-hydrogen) atoms. The number of carbonyl (C=O) groups is 2. The van der Waals surface area contributed by atoms with Gasteiger partial charge in [0.05, 0.1) is 13.2 Å². The van der Waals surface area contributed by atoms with Gasteiger partial charge < -0.3 is 9.47 Å². The Morgan fingerprint density at radius 1 is 1.10 bits per heavy atom. The third-order valence-corrected chi connectivity index (χ3v) is 3.07. The van der Waals surface area contributed by atoms with Crippen molar-refractivity contribution in [3.8, 4) is 0 Å². The second-order valence-electron chi connectivity index (χ2n) is 4.38. The Morgan fingerprint density at radius 3 is 2.38 bits per heavy atom. The van der Waals surface area contributed by atoms with Crippen LogP contribution in [-0.4, -0.2) is 30.1 Å². The van der Waals surface area contributed by atoms with Crippen molar-refractivity contribution in [3.05, 3.63) is 42.2 Å². The molecule has 0 bridgehead atoms. The lowest BCUT2D eigenvalue weighted by molar-refractivity contribution is -0.156. The number of esters is 2. The Labute approximate surface area is 122 Å². The third kappa shape index (κ3) is 3.18. The second kappa shape index (κ2) is 6.83. The second-order valence-corrected chi connectivity index (χ2v) is 4.38. The first-order chi connectivity index (χ1) is 10.2. The zero-order chi connectivity index (χ0) is 15.2. The molecule has 0 unspecified atom stereocenters. The van der Waals surface area contributed by atoms with Gasteiger partial charge in [0.2, 0.25) is 0 Å². The van der Waals surface area contributed by atoms with E-state index in [4.69, 9.17) is 9.47 Å². The van der Waals surface area contributed by atoms with Crippen LogP contribution in [0.25, 0.3) is 10.8 Å². The molecule has 2 rings (SSSR count). The maximum Gasteiger partial charge on any atom is 0.324 e. The fraction of sp³-hybridized carbons (Fsp3) is 0.312. The smallest absolute Gasteiger partial charge is 0.324 e. The van der Waals surface area contributed by atoms with Gasteiger partial charge in [0.1, 0.15) is 0 Å². The molecule has 0 aliphatic rings. The number of benzene rings is 1. The molecule has 0 aliphatic heterocycles. The summed E-state index contributed by atoms with van der Waals surface area (Å²) in [7, 11) is 0. The molecule has 0 fully saturated rings. The summed E-state index contributed by atoms with van der Waals surface area (Å²) >= 11 is 0. The molecule has 0 radical (unpaired) electrons. The zero-order valence-electron chi connectivity index (χ0n) is 12.0. The molecule has 1 aromatic heterocycles. The molecule has 0 saturated carbocycles. The Bertz CT molecular complexity index is 630. The fourth-order valence-electron chi connectivity index (χ4n) is 2.19. The van der Waals surface area contributed by atoms with Crippen LogP contribution in [0.4, 0.5) is 0 Å². The van der Waals surface area contributed by atoms with Crippen molar-refractivity contribution in [2.75, 3.05) is 13.2 Å². The number of fused-ring (bicyclic) bond motifs is 1. The maximum absolute atomic E-state index is 12.2. The molecular formula is C16H17NO4. The number of pyridine rings is 1. The van der Waals surface area contributed by atoms with Crippen molar-refractivity contribution >= 4 is 22.7 Å². The largest absolute Gasteiger partial charge is 0.465 e. The number of rotatable bonds is 5. The predicted molar refractivity (Wildman–Crippen MR) is 77.8 cm³/mol. The molecule has 0 N–H and O–H groups in total. The molecule has 1 heterocycles. The highest BCUT2D eigenvalue weighted by molar-refractivity contribution is 6.04. The number of aromatic nitrogens is 1. The molecular weight excluding hydrogens is 270 g/mol. The normalized spacial score (nSPS) is 10.6. The van der Waals surface area contributed by atoms with Crippen LogP contribution >= 0.6 is 0 Å². The van der Waals surface area contributed by atoms with Gasteiger partial charge in [-0.1, -0.05) is 18.2 Å². The predicted octanol–water partition coefficient (Wildman–Crippen LogP) is 2.44. The summed E-state index contributed by atoms with van der Waals surface area (Å²) in [5.41, 5.74) is 0.553.